The number of carbonyl (C=O) groups excluding carboxylic acids is 2. The first-order chi connectivity index (χ1) is 11.6. The van der Waals surface area contributed by atoms with Crippen LogP contribution in [-0.2, 0) is 23.8 Å². The lowest BCUT2D eigenvalue weighted by atomic mass is 9.96. The maximum absolute atomic E-state index is 12.6. The molecule has 1 heterocycles. The number of amides is 1. The van der Waals surface area contributed by atoms with Crippen molar-refractivity contribution in [2.45, 2.75) is 77.0 Å². The smallest absolute Gasteiger partial charge is 0.338 e. The summed E-state index contributed by atoms with van der Waals surface area (Å²) in [7, 11) is 0. The number of nitrogens with one attached hydrogen (secondary N) is 1. The summed E-state index contributed by atoms with van der Waals surface area (Å²) in [6.45, 7) is 4.82. The van der Waals surface area contributed by atoms with Crippen LogP contribution in [0.15, 0.2) is 0 Å². The zero-order chi connectivity index (χ0) is 17.4. The summed E-state index contributed by atoms with van der Waals surface area (Å²) in [5.74, 6) is -0.797. The van der Waals surface area contributed by atoms with Crippen molar-refractivity contribution in [1.29, 1.82) is 0 Å². The van der Waals surface area contributed by atoms with Gasteiger partial charge in [-0.05, 0) is 18.8 Å². The summed E-state index contributed by atoms with van der Waals surface area (Å²) in [5.41, 5.74) is 0. The Hall–Kier alpha value is -1.14. The topological polar surface area (TPSA) is 73.9 Å². The Labute approximate surface area is 144 Å². The van der Waals surface area contributed by atoms with Crippen LogP contribution in [0.3, 0.4) is 0 Å². The van der Waals surface area contributed by atoms with E-state index in [4.69, 9.17) is 14.2 Å². The average molecular weight is 341 g/mol. The summed E-state index contributed by atoms with van der Waals surface area (Å²) in [6, 6.07) is 0.187. The molecule has 1 saturated carbocycles. The molecular weight excluding hydrogens is 310 g/mol. The van der Waals surface area contributed by atoms with Gasteiger partial charge in [0.15, 0.2) is 12.2 Å². The normalized spacial score (nSPS) is 24.7. The minimum atomic E-state index is -0.784. The molecule has 138 valence electrons. The molecule has 1 aliphatic heterocycles. The predicted molar refractivity (Wildman–Crippen MR) is 89.5 cm³/mol. The van der Waals surface area contributed by atoms with Gasteiger partial charge in [-0.1, -0.05) is 46.0 Å². The van der Waals surface area contributed by atoms with Gasteiger partial charge in [-0.15, -0.1) is 0 Å². The quantitative estimate of drug-likeness (QED) is 0.776. The zero-order valence-electron chi connectivity index (χ0n) is 14.9. The highest BCUT2D eigenvalue weighted by Gasteiger charge is 2.32. The molecule has 6 heteroatoms. The number of rotatable bonds is 5. The van der Waals surface area contributed by atoms with Gasteiger partial charge in [0.25, 0.3) is 5.91 Å². The molecular formula is C18H31NO5. The van der Waals surface area contributed by atoms with Crippen molar-refractivity contribution in [3.05, 3.63) is 0 Å². The monoisotopic (exact) mass is 341 g/mol. The van der Waals surface area contributed by atoms with E-state index < -0.39 is 18.2 Å². The second-order valence-electron chi connectivity index (χ2n) is 7.09. The Morgan fingerprint density at radius 1 is 1.04 bits per heavy atom. The fourth-order valence-corrected chi connectivity index (χ4v) is 3.20. The van der Waals surface area contributed by atoms with Crippen molar-refractivity contribution < 1.29 is 23.8 Å². The Bertz CT molecular complexity index is 398. The molecule has 0 unspecified atom stereocenters. The van der Waals surface area contributed by atoms with Crippen LogP contribution in [0.5, 0.6) is 0 Å². The van der Waals surface area contributed by atoms with E-state index >= 15 is 0 Å². The molecule has 0 spiro atoms. The van der Waals surface area contributed by atoms with Gasteiger partial charge < -0.3 is 19.5 Å². The van der Waals surface area contributed by atoms with Gasteiger partial charge >= 0.3 is 5.97 Å². The highest BCUT2D eigenvalue weighted by atomic mass is 16.6. The van der Waals surface area contributed by atoms with E-state index in [-0.39, 0.29) is 24.5 Å². The van der Waals surface area contributed by atoms with E-state index in [2.05, 4.69) is 5.32 Å². The molecule has 1 N–H and O–H groups in total. The van der Waals surface area contributed by atoms with Crippen LogP contribution in [0.2, 0.25) is 0 Å². The third-order valence-electron chi connectivity index (χ3n) is 4.64. The standard InChI is InChI=1S/C18H31NO5/c1-13(2)16(24-18(21)15-12-22-10-11-23-15)17(20)19-14-8-6-4-3-5-7-9-14/h13-16H,3-12H2,1-2H3,(H,19,20)/t15-,16+/m1/s1. The van der Waals surface area contributed by atoms with Crippen LogP contribution in [0.1, 0.15) is 58.8 Å². The SMILES string of the molecule is CC(C)[C@H](OC(=O)[C@H]1COCCO1)C(=O)NC1CCCCCCC1. The van der Waals surface area contributed by atoms with E-state index in [9.17, 15) is 9.59 Å². The molecule has 2 atom stereocenters. The number of hydrogen-bond donors (Lipinski definition) is 1. The molecule has 1 saturated heterocycles. The second-order valence-corrected chi connectivity index (χ2v) is 7.09. The number of hydrogen-bond acceptors (Lipinski definition) is 5. The van der Waals surface area contributed by atoms with Crippen molar-refractivity contribution in [2.24, 2.45) is 5.92 Å². The van der Waals surface area contributed by atoms with Crippen LogP contribution in [0, 0.1) is 5.92 Å². The van der Waals surface area contributed by atoms with Crippen molar-refractivity contribution >= 4 is 11.9 Å². The molecule has 0 aromatic rings. The second kappa shape index (κ2) is 9.99. The van der Waals surface area contributed by atoms with Gasteiger partial charge in [-0.2, -0.15) is 0 Å². The average Bonchev–Trinajstić information content (AvgIpc) is 2.55. The fraction of sp³-hybridized carbons (Fsp3) is 0.889. The first-order valence-electron chi connectivity index (χ1n) is 9.28. The van der Waals surface area contributed by atoms with Gasteiger partial charge in [0.1, 0.15) is 0 Å². The maximum atomic E-state index is 12.6. The Morgan fingerprint density at radius 2 is 1.71 bits per heavy atom. The molecule has 1 aliphatic carbocycles. The first-order valence-corrected chi connectivity index (χ1v) is 9.28. The molecule has 0 aromatic carbocycles. The Morgan fingerprint density at radius 3 is 2.29 bits per heavy atom. The molecule has 2 rings (SSSR count). The summed E-state index contributed by atoms with van der Waals surface area (Å²) in [4.78, 5) is 24.8. The molecule has 6 nitrogen and oxygen atoms in total. The Balaban J connectivity index is 1.87. The molecule has 0 aromatic heterocycles. The molecule has 2 aliphatic rings. The van der Waals surface area contributed by atoms with Crippen LogP contribution < -0.4 is 5.32 Å². The van der Waals surface area contributed by atoms with Crippen LogP contribution >= 0.6 is 0 Å². The lowest BCUT2D eigenvalue weighted by molar-refractivity contribution is -0.180. The summed E-state index contributed by atoms with van der Waals surface area (Å²) >= 11 is 0. The van der Waals surface area contributed by atoms with Crippen molar-refractivity contribution in [3.63, 3.8) is 0 Å². The molecule has 0 radical (unpaired) electrons. The van der Waals surface area contributed by atoms with Crippen molar-refractivity contribution in [1.82, 2.24) is 5.32 Å². The lowest BCUT2D eigenvalue weighted by Gasteiger charge is -2.28. The number of carbonyl (C=O) groups is 2. The van der Waals surface area contributed by atoms with E-state index in [1.165, 1.54) is 19.3 Å². The minimum absolute atomic E-state index is 0.0907. The van der Waals surface area contributed by atoms with E-state index in [0.29, 0.717) is 13.2 Å². The van der Waals surface area contributed by atoms with Gasteiger partial charge in [0.2, 0.25) is 0 Å². The van der Waals surface area contributed by atoms with E-state index in [0.717, 1.165) is 25.7 Å². The predicted octanol–water partition coefficient (Wildman–Crippen LogP) is 2.20. The van der Waals surface area contributed by atoms with Crippen LogP contribution in [-0.4, -0.2) is 49.9 Å². The van der Waals surface area contributed by atoms with Crippen molar-refractivity contribution in [2.75, 3.05) is 19.8 Å². The van der Waals surface area contributed by atoms with E-state index in [1.54, 1.807) is 0 Å². The zero-order valence-corrected chi connectivity index (χ0v) is 14.9. The highest BCUT2D eigenvalue weighted by Crippen LogP contribution is 2.18. The van der Waals surface area contributed by atoms with Gasteiger partial charge in [-0.3, -0.25) is 4.79 Å². The fourth-order valence-electron chi connectivity index (χ4n) is 3.20. The summed E-state index contributed by atoms with van der Waals surface area (Å²) < 4.78 is 16.0. The van der Waals surface area contributed by atoms with E-state index in [1.807, 2.05) is 13.8 Å². The van der Waals surface area contributed by atoms with Gasteiger partial charge in [0, 0.05) is 6.04 Å². The largest absolute Gasteiger partial charge is 0.450 e. The number of esters is 1. The van der Waals surface area contributed by atoms with Gasteiger partial charge in [-0.25, -0.2) is 4.79 Å². The maximum Gasteiger partial charge on any atom is 0.338 e. The summed E-state index contributed by atoms with van der Waals surface area (Å²) in [5, 5.41) is 3.09. The molecule has 2 fully saturated rings. The third kappa shape index (κ3) is 6.06. The van der Waals surface area contributed by atoms with Crippen molar-refractivity contribution in [3.8, 4) is 0 Å². The molecule has 1 amide bonds. The van der Waals surface area contributed by atoms with Crippen LogP contribution in [0.25, 0.3) is 0 Å². The number of ether oxygens (including phenoxy) is 3. The van der Waals surface area contributed by atoms with Gasteiger partial charge in [0.05, 0.1) is 19.8 Å². The first kappa shape index (κ1) is 19.2. The minimum Gasteiger partial charge on any atom is -0.450 e. The third-order valence-corrected chi connectivity index (χ3v) is 4.64. The Kier molecular flexibility index (Phi) is 7.99. The molecule has 24 heavy (non-hydrogen) atoms. The summed E-state index contributed by atoms with van der Waals surface area (Å²) in [6.07, 6.45) is 6.53. The highest BCUT2D eigenvalue weighted by molar-refractivity contribution is 5.85. The lowest BCUT2D eigenvalue weighted by Crippen LogP contribution is -2.48. The van der Waals surface area contributed by atoms with Crippen LogP contribution in [0.4, 0.5) is 0 Å². The molecule has 0 bridgehead atoms.